The number of nitrogens with one attached hydrogen (secondary N) is 2. The van der Waals surface area contributed by atoms with Crippen LogP contribution < -0.4 is 10.6 Å². The molecule has 0 aliphatic carbocycles. The van der Waals surface area contributed by atoms with Crippen LogP contribution in [-0.4, -0.2) is 10.5 Å². The van der Waals surface area contributed by atoms with Crippen LogP contribution in [0.4, 0.5) is 15.8 Å². The first-order valence-corrected chi connectivity index (χ1v) is 6.55. The van der Waals surface area contributed by atoms with Crippen LogP contribution in [0.3, 0.4) is 0 Å². The molecule has 0 fully saturated rings. The summed E-state index contributed by atoms with van der Waals surface area (Å²) < 4.78 is 15.8. The van der Waals surface area contributed by atoms with Crippen LogP contribution in [0.2, 0.25) is 0 Å². The van der Waals surface area contributed by atoms with Gasteiger partial charge in [-0.2, -0.15) is 0 Å². The summed E-state index contributed by atoms with van der Waals surface area (Å²) in [4.78, 5) is 11.0. The highest BCUT2D eigenvalue weighted by Crippen LogP contribution is 2.20. The third kappa shape index (κ3) is 3.38. The largest absolute Gasteiger partial charge is 0.377 e. The molecule has 20 heavy (non-hydrogen) atoms. The number of halogens is 1. The molecule has 0 unspecified atom stereocenters. The minimum Gasteiger partial charge on any atom is -0.377 e. The summed E-state index contributed by atoms with van der Waals surface area (Å²) in [5.41, 5.74) is 2.03. The minimum absolute atomic E-state index is 0.178. The van der Waals surface area contributed by atoms with E-state index >= 15 is 0 Å². The highest BCUT2D eigenvalue weighted by Gasteiger charge is 2.06. The molecule has 2 N–H and O–H groups in total. The molecular weight excluding hydrogens is 257 g/mol. The maximum atomic E-state index is 13.7. The van der Waals surface area contributed by atoms with E-state index in [-0.39, 0.29) is 11.7 Å². The van der Waals surface area contributed by atoms with Crippen molar-refractivity contribution in [3.63, 3.8) is 0 Å². The van der Waals surface area contributed by atoms with Gasteiger partial charge in [-0.25, -0.2) is 4.39 Å². The number of carbonyl (C=O) groups excluding carboxylic acids is 1. The number of aromatic nitrogens is 1. The molecule has 1 amide bonds. The smallest absolute Gasteiger partial charge is 0.221 e. The SMILES string of the molecule is CCn1cccc1CNc1cc(NC(C)=O)ccc1F. The monoisotopic (exact) mass is 275 g/mol. The average molecular weight is 275 g/mol. The van der Waals surface area contributed by atoms with Crippen LogP contribution in [0.25, 0.3) is 0 Å². The van der Waals surface area contributed by atoms with E-state index in [1.807, 2.05) is 18.3 Å². The molecule has 4 nitrogen and oxygen atoms in total. The Morgan fingerprint density at radius 2 is 2.15 bits per heavy atom. The number of hydrogen-bond donors (Lipinski definition) is 2. The fraction of sp³-hybridized carbons (Fsp3) is 0.267. The maximum Gasteiger partial charge on any atom is 0.221 e. The van der Waals surface area contributed by atoms with Gasteiger partial charge >= 0.3 is 0 Å². The van der Waals surface area contributed by atoms with Crippen LogP contribution in [-0.2, 0) is 17.9 Å². The van der Waals surface area contributed by atoms with Crippen molar-refractivity contribution in [3.05, 3.63) is 48.0 Å². The van der Waals surface area contributed by atoms with Crippen LogP contribution in [0, 0.1) is 5.82 Å². The standard InChI is InChI=1S/C15H18FN3O/c1-3-19-8-4-5-13(19)10-17-15-9-12(18-11(2)20)6-7-14(15)16/h4-9,17H,3,10H2,1-2H3,(H,18,20). The molecule has 0 bridgehead atoms. The van der Waals surface area contributed by atoms with Crippen molar-refractivity contribution in [1.29, 1.82) is 0 Å². The van der Waals surface area contributed by atoms with E-state index in [2.05, 4.69) is 22.1 Å². The van der Waals surface area contributed by atoms with E-state index in [1.165, 1.54) is 19.1 Å². The quantitative estimate of drug-likeness (QED) is 0.880. The normalized spacial score (nSPS) is 10.3. The van der Waals surface area contributed by atoms with Crippen molar-refractivity contribution in [2.24, 2.45) is 0 Å². The van der Waals surface area contributed by atoms with Crippen LogP contribution in [0.1, 0.15) is 19.5 Å². The zero-order valence-corrected chi connectivity index (χ0v) is 11.6. The molecule has 0 aliphatic rings. The second-order valence-electron chi connectivity index (χ2n) is 4.51. The predicted octanol–water partition coefficient (Wildman–Crippen LogP) is 3.22. The summed E-state index contributed by atoms with van der Waals surface area (Å²) in [6.07, 6.45) is 1.99. The third-order valence-corrected chi connectivity index (χ3v) is 3.01. The fourth-order valence-corrected chi connectivity index (χ4v) is 2.05. The van der Waals surface area contributed by atoms with Crippen molar-refractivity contribution in [3.8, 4) is 0 Å². The zero-order valence-electron chi connectivity index (χ0n) is 11.6. The van der Waals surface area contributed by atoms with Crippen molar-refractivity contribution in [2.45, 2.75) is 26.9 Å². The first-order chi connectivity index (χ1) is 9.60. The molecule has 0 saturated carbocycles. The summed E-state index contributed by atoms with van der Waals surface area (Å²) in [7, 11) is 0. The van der Waals surface area contributed by atoms with Gasteiger partial charge in [0.25, 0.3) is 0 Å². The predicted molar refractivity (Wildman–Crippen MR) is 78.1 cm³/mol. The molecule has 0 spiro atoms. The molecule has 0 saturated heterocycles. The topological polar surface area (TPSA) is 46.1 Å². The fourth-order valence-electron chi connectivity index (χ4n) is 2.05. The molecule has 1 aromatic heterocycles. The van der Waals surface area contributed by atoms with Gasteiger partial charge in [0, 0.05) is 31.0 Å². The van der Waals surface area contributed by atoms with Gasteiger partial charge in [0.15, 0.2) is 0 Å². The van der Waals surface area contributed by atoms with Crippen LogP contribution in [0.5, 0.6) is 0 Å². The lowest BCUT2D eigenvalue weighted by Crippen LogP contribution is -2.09. The van der Waals surface area contributed by atoms with Gasteiger partial charge in [-0.15, -0.1) is 0 Å². The highest BCUT2D eigenvalue weighted by atomic mass is 19.1. The third-order valence-electron chi connectivity index (χ3n) is 3.01. The molecule has 106 valence electrons. The number of hydrogen-bond acceptors (Lipinski definition) is 2. The Bertz CT molecular complexity index is 607. The van der Waals surface area contributed by atoms with Crippen molar-refractivity contribution in [1.82, 2.24) is 4.57 Å². The van der Waals surface area contributed by atoms with Crippen molar-refractivity contribution >= 4 is 17.3 Å². The molecule has 1 heterocycles. The molecule has 0 aliphatic heterocycles. The zero-order chi connectivity index (χ0) is 14.5. The Labute approximate surface area is 117 Å². The number of rotatable bonds is 5. The summed E-state index contributed by atoms with van der Waals surface area (Å²) in [6, 6.07) is 8.43. The summed E-state index contributed by atoms with van der Waals surface area (Å²) in [5, 5.41) is 5.69. The Balaban J connectivity index is 2.10. The Morgan fingerprint density at radius 1 is 1.35 bits per heavy atom. The highest BCUT2D eigenvalue weighted by molar-refractivity contribution is 5.89. The lowest BCUT2D eigenvalue weighted by molar-refractivity contribution is -0.114. The number of anilines is 2. The molecular formula is C15H18FN3O. The second-order valence-corrected chi connectivity index (χ2v) is 4.51. The van der Waals surface area contributed by atoms with Crippen LogP contribution in [0.15, 0.2) is 36.5 Å². The van der Waals surface area contributed by atoms with E-state index in [0.29, 0.717) is 17.9 Å². The molecule has 5 heteroatoms. The lowest BCUT2D eigenvalue weighted by atomic mass is 10.2. The number of aryl methyl sites for hydroxylation is 1. The van der Waals surface area contributed by atoms with Gasteiger partial charge in [-0.3, -0.25) is 4.79 Å². The van der Waals surface area contributed by atoms with Crippen LogP contribution >= 0.6 is 0 Å². The number of nitrogens with zero attached hydrogens (tertiary/aromatic N) is 1. The first kappa shape index (κ1) is 14.1. The van der Waals surface area contributed by atoms with E-state index < -0.39 is 0 Å². The lowest BCUT2D eigenvalue weighted by Gasteiger charge is -2.11. The summed E-state index contributed by atoms with van der Waals surface area (Å²) in [6.45, 7) is 4.88. The van der Waals surface area contributed by atoms with Crippen molar-refractivity contribution in [2.75, 3.05) is 10.6 Å². The molecule has 0 atom stereocenters. The molecule has 2 aromatic rings. The molecule has 2 rings (SSSR count). The number of carbonyl (C=O) groups is 1. The maximum absolute atomic E-state index is 13.7. The number of benzene rings is 1. The number of amides is 1. The molecule has 0 radical (unpaired) electrons. The second kappa shape index (κ2) is 6.23. The Hall–Kier alpha value is -2.30. The van der Waals surface area contributed by atoms with E-state index in [4.69, 9.17) is 0 Å². The Morgan fingerprint density at radius 3 is 2.85 bits per heavy atom. The summed E-state index contributed by atoms with van der Waals surface area (Å²) in [5.74, 6) is -0.517. The average Bonchev–Trinajstić information content (AvgIpc) is 2.86. The van der Waals surface area contributed by atoms with Gasteiger partial charge in [0.1, 0.15) is 5.82 Å². The van der Waals surface area contributed by atoms with Gasteiger partial charge in [-0.05, 0) is 37.3 Å². The molecule has 1 aromatic carbocycles. The van der Waals surface area contributed by atoms with Gasteiger partial charge in [0.05, 0.1) is 12.2 Å². The van der Waals surface area contributed by atoms with E-state index in [1.54, 1.807) is 6.07 Å². The van der Waals surface area contributed by atoms with Gasteiger partial charge in [0.2, 0.25) is 5.91 Å². The minimum atomic E-state index is -0.339. The van der Waals surface area contributed by atoms with E-state index in [0.717, 1.165) is 12.2 Å². The van der Waals surface area contributed by atoms with Crippen molar-refractivity contribution < 1.29 is 9.18 Å². The van der Waals surface area contributed by atoms with Gasteiger partial charge in [-0.1, -0.05) is 0 Å². The summed E-state index contributed by atoms with van der Waals surface area (Å²) >= 11 is 0. The van der Waals surface area contributed by atoms with Gasteiger partial charge < -0.3 is 15.2 Å². The first-order valence-electron chi connectivity index (χ1n) is 6.55. The van der Waals surface area contributed by atoms with E-state index in [9.17, 15) is 9.18 Å². The Kier molecular flexibility index (Phi) is 4.40.